The number of rotatable bonds is 3. The van der Waals surface area contributed by atoms with Crippen molar-refractivity contribution in [1.82, 2.24) is 9.88 Å². The molecule has 1 aliphatic rings. The standard InChI is InChI=1S/C19H22N2/c1-15-8-18(11-20-10-15)19-9-16(2)12-21(14-19)13-17-6-4-3-5-7-17/h3-11,16H,12-14H2,1-2H3. The van der Waals surface area contributed by atoms with Crippen molar-refractivity contribution in [3.63, 3.8) is 0 Å². The van der Waals surface area contributed by atoms with Crippen molar-refractivity contribution in [3.05, 3.63) is 71.6 Å². The average Bonchev–Trinajstić information content (AvgIpc) is 2.48. The number of pyridine rings is 1. The minimum Gasteiger partial charge on any atom is -0.294 e. The lowest BCUT2D eigenvalue weighted by Crippen LogP contribution is -2.33. The van der Waals surface area contributed by atoms with Gasteiger partial charge in [-0.3, -0.25) is 9.88 Å². The van der Waals surface area contributed by atoms with Gasteiger partial charge in [0.1, 0.15) is 0 Å². The summed E-state index contributed by atoms with van der Waals surface area (Å²) in [5.74, 6) is 0.581. The predicted molar refractivity (Wildman–Crippen MR) is 87.8 cm³/mol. The summed E-state index contributed by atoms with van der Waals surface area (Å²) in [5, 5.41) is 0. The molecule has 1 aliphatic heterocycles. The molecule has 3 rings (SSSR count). The number of hydrogen-bond donors (Lipinski definition) is 0. The molecule has 0 amide bonds. The smallest absolute Gasteiger partial charge is 0.0343 e. The van der Waals surface area contributed by atoms with Crippen LogP contribution in [0.25, 0.3) is 5.57 Å². The quantitative estimate of drug-likeness (QED) is 0.846. The van der Waals surface area contributed by atoms with Crippen molar-refractivity contribution in [2.45, 2.75) is 20.4 Å². The molecule has 2 nitrogen and oxygen atoms in total. The Morgan fingerprint density at radius 2 is 2.00 bits per heavy atom. The second-order valence-electron chi connectivity index (χ2n) is 6.08. The van der Waals surface area contributed by atoms with Gasteiger partial charge in [0.15, 0.2) is 0 Å². The van der Waals surface area contributed by atoms with Gasteiger partial charge in [-0.1, -0.05) is 43.3 Å². The molecule has 0 fully saturated rings. The Kier molecular flexibility index (Phi) is 4.16. The minimum atomic E-state index is 0.581. The maximum atomic E-state index is 4.33. The largest absolute Gasteiger partial charge is 0.294 e. The Morgan fingerprint density at radius 1 is 1.19 bits per heavy atom. The van der Waals surface area contributed by atoms with Gasteiger partial charge in [-0.2, -0.15) is 0 Å². The van der Waals surface area contributed by atoms with Crippen molar-refractivity contribution in [2.24, 2.45) is 5.92 Å². The second kappa shape index (κ2) is 6.23. The van der Waals surface area contributed by atoms with E-state index >= 15 is 0 Å². The molecule has 0 N–H and O–H groups in total. The van der Waals surface area contributed by atoms with Gasteiger partial charge in [0.2, 0.25) is 0 Å². The van der Waals surface area contributed by atoms with Gasteiger partial charge in [0, 0.05) is 32.0 Å². The Labute approximate surface area is 127 Å². The first-order valence-corrected chi connectivity index (χ1v) is 7.60. The molecular formula is C19H22N2. The van der Waals surface area contributed by atoms with Crippen LogP contribution in [0.2, 0.25) is 0 Å². The molecule has 1 atom stereocenters. The van der Waals surface area contributed by atoms with Gasteiger partial charge in [0.05, 0.1) is 0 Å². The summed E-state index contributed by atoms with van der Waals surface area (Å²) in [6.45, 7) is 7.54. The summed E-state index contributed by atoms with van der Waals surface area (Å²) in [6.07, 6.45) is 6.30. The Hall–Kier alpha value is -1.93. The van der Waals surface area contributed by atoms with Gasteiger partial charge in [-0.25, -0.2) is 0 Å². The number of nitrogens with zero attached hydrogens (tertiary/aromatic N) is 2. The average molecular weight is 278 g/mol. The minimum absolute atomic E-state index is 0.581. The first-order valence-electron chi connectivity index (χ1n) is 7.60. The van der Waals surface area contributed by atoms with Crippen LogP contribution in [0.1, 0.15) is 23.6 Å². The van der Waals surface area contributed by atoms with Crippen LogP contribution in [-0.2, 0) is 6.54 Å². The maximum absolute atomic E-state index is 4.33. The van der Waals surface area contributed by atoms with Crippen LogP contribution in [-0.4, -0.2) is 23.0 Å². The number of aryl methyl sites for hydroxylation is 1. The third kappa shape index (κ3) is 3.59. The molecule has 21 heavy (non-hydrogen) atoms. The SMILES string of the molecule is Cc1cncc(C2=CC(C)CN(Cc3ccccc3)C2)c1. The van der Waals surface area contributed by atoms with E-state index in [-0.39, 0.29) is 0 Å². The van der Waals surface area contributed by atoms with Crippen molar-refractivity contribution in [3.8, 4) is 0 Å². The molecule has 0 bridgehead atoms. The molecule has 1 unspecified atom stereocenters. The van der Waals surface area contributed by atoms with E-state index in [1.165, 1.54) is 22.3 Å². The van der Waals surface area contributed by atoms with Crippen LogP contribution in [0.3, 0.4) is 0 Å². The van der Waals surface area contributed by atoms with Crippen LogP contribution in [0.4, 0.5) is 0 Å². The van der Waals surface area contributed by atoms with Crippen molar-refractivity contribution in [2.75, 3.05) is 13.1 Å². The molecule has 2 heterocycles. The van der Waals surface area contributed by atoms with Gasteiger partial charge < -0.3 is 0 Å². The molecular weight excluding hydrogens is 256 g/mol. The van der Waals surface area contributed by atoms with Crippen LogP contribution < -0.4 is 0 Å². The summed E-state index contributed by atoms with van der Waals surface area (Å²) < 4.78 is 0. The first kappa shape index (κ1) is 14.0. The zero-order valence-electron chi connectivity index (χ0n) is 12.8. The number of hydrogen-bond acceptors (Lipinski definition) is 2. The van der Waals surface area contributed by atoms with Crippen molar-refractivity contribution in [1.29, 1.82) is 0 Å². The number of benzene rings is 1. The van der Waals surface area contributed by atoms with Crippen LogP contribution in [0, 0.1) is 12.8 Å². The Morgan fingerprint density at radius 3 is 2.76 bits per heavy atom. The second-order valence-corrected chi connectivity index (χ2v) is 6.08. The van der Waals surface area contributed by atoms with Crippen LogP contribution in [0.5, 0.6) is 0 Å². The van der Waals surface area contributed by atoms with Gasteiger partial charge in [0.25, 0.3) is 0 Å². The maximum Gasteiger partial charge on any atom is 0.0343 e. The molecule has 108 valence electrons. The normalized spacial score (nSPS) is 19.3. The van der Waals surface area contributed by atoms with Gasteiger partial charge in [-0.15, -0.1) is 0 Å². The van der Waals surface area contributed by atoms with E-state index in [0.717, 1.165) is 19.6 Å². The summed E-state index contributed by atoms with van der Waals surface area (Å²) in [5.41, 5.74) is 5.27. The molecule has 0 radical (unpaired) electrons. The molecule has 1 aromatic carbocycles. The zero-order chi connectivity index (χ0) is 14.7. The topological polar surface area (TPSA) is 16.1 Å². The molecule has 2 aromatic rings. The van der Waals surface area contributed by atoms with E-state index in [9.17, 15) is 0 Å². The summed E-state index contributed by atoms with van der Waals surface area (Å²) >= 11 is 0. The molecule has 0 saturated carbocycles. The molecule has 0 saturated heterocycles. The molecule has 2 heteroatoms. The summed E-state index contributed by atoms with van der Waals surface area (Å²) in [7, 11) is 0. The van der Waals surface area contributed by atoms with E-state index in [1.807, 2.05) is 12.4 Å². The lowest BCUT2D eigenvalue weighted by Gasteiger charge is -2.31. The first-order chi connectivity index (χ1) is 10.2. The van der Waals surface area contributed by atoms with E-state index in [4.69, 9.17) is 0 Å². The van der Waals surface area contributed by atoms with Crippen molar-refractivity contribution < 1.29 is 0 Å². The Bertz CT molecular complexity index is 631. The summed E-state index contributed by atoms with van der Waals surface area (Å²) in [6, 6.07) is 12.9. The van der Waals surface area contributed by atoms with Gasteiger partial charge in [-0.05, 0) is 41.2 Å². The fraction of sp³-hybridized carbons (Fsp3) is 0.316. The van der Waals surface area contributed by atoms with Crippen LogP contribution >= 0.6 is 0 Å². The highest BCUT2D eigenvalue weighted by atomic mass is 15.1. The lowest BCUT2D eigenvalue weighted by molar-refractivity contribution is 0.264. The van der Waals surface area contributed by atoms with E-state index < -0.39 is 0 Å². The highest BCUT2D eigenvalue weighted by Gasteiger charge is 2.18. The van der Waals surface area contributed by atoms with Crippen molar-refractivity contribution >= 4 is 5.57 Å². The highest BCUT2D eigenvalue weighted by molar-refractivity contribution is 5.67. The van der Waals surface area contributed by atoms with E-state index in [1.54, 1.807) is 0 Å². The third-order valence-corrected chi connectivity index (χ3v) is 3.92. The third-order valence-electron chi connectivity index (χ3n) is 3.92. The highest BCUT2D eigenvalue weighted by Crippen LogP contribution is 2.24. The molecule has 0 aliphatic carbocycles. The van der Waals surface area contributed by atoms with Crippen LogP contribution in [0.15, 0.2) is 54.9 Å². The van der Waals surface area contributed by atoms with Gasteiger partial charge >= 0.3 is 0 Å². The summed E-state index contributed by atoms with van der Waals surface area (Å²) in [4.78, 5) is 6.86. The predicted octanol–water partition coefficient (Wildman–Crippen LogP) is 3.93. The lowest BCUT2D eigenvalue weighted by atomic mass is 9.96. The van der Waals surface area contributed by atoms with E-state index in [2.05, 4.69) is 66.2 Å². The fourth-order valence-electron chi connectivity index (χ4n) is 3.04. The monoisotopic (exact) mass is 278 g/mol. The number of aromatic nitrogens is 1. The molecule has 1 aromatic heterocycles. The van der Waals surface area contributed by atoms with E-state index in [0.29, 0.717) is 5.92 Å². The molecule has 0 spiro atoms. The Balaban J connectivity index is 1.77. The zero-order valence-corrected chi connectivity index (χ0v) is 12.8. The fourth-order valence-corrected chi connectivity index (χ4v) is 3.04.